The lowest BCUT2D eigenvalue weighted by molar-refractivity contribution is 0.410. The lowest BCUT2D eigenvalue weighted by Gasteiger charge is -2.19. The first-order chi connectivity index (χ1) is 7.65. The van der Waals surface area contributed by atoms with Crippen LogP contribution in [0.2, 0.25) is 0 Å². The first-order valence-corrected chi connectivity index (χ1v) is 6.07. The summed E-state index contributed by atoms with van der Waals surface area (Å²) in [7, 11) is 2.00. The summed E-state index contributed by atoms with van der Waals surface area (Å²) in [6.45, 7) is 4.49. The second-order valence-corrected chi connectivity index (χ2v) is 4.57. The zero-order chi connectivity index (χ0) is 12.0. The molecule has 0 aromatic heterocycles. The van der Waals surface area contributed by atoms with Gasteiger partial charge in [-0.05, 0) is 43.5 Å². The van der Waals surface area contributed by atoms with Crippen LogP contribution in [-0.2, 0) is 6.42 Å². The third-order valence-corrected chi connectivity index (χ3v) is 3.19. The molecule has 90 valence electrons. The molecule has 16 heavy (non-hydrogen) atoms. The van der Waals surface area contributed by atoms with E-state index < -0.39 is 0 Å². The molecule has 2 atom stereocenters. The molecule has 1 N–H and O–H groups in total. The molecule has 0 amide bonds. The Labute approximate surface area is 98.1 Å². The van der Waals surface area contributed by atoms with Crippen LogP contribution in [0, 0.1) is 11.7 Å². The maximum absolute atomic E-state index is 12.8. The number of likely N-dealkylation sites (N-methyl/N-ethyl adjacent to an activating group) is 1. The largest absolute Gasteiger partial charge is 0.317 e. The molecule has 2 heteroatoms. The fourth-order valence-corrected chi connectivity index (χ4v) is 1.86. The SMILES string of the molecule is CCC(C)CC(Cc1ccc(F)cc1)NC. The smallest absolute Gasteiger partial charge is 0.123 e. The average Bonchev–Trinajstić information content (AvgIpc) is 2.30. The van der Waals surface area contributed by atoms with Crippen molar-refractivity contribution in [2.45, 2.75) is 39.2 Å². The van der Waals surface area contributed by atoms with Crippen LogP contribution in [0.3, 0.4) is 0 Å². The summed E-state index contributed by atoms with van der Waals surface area (Å²) in [4.78, 5) is 0. The van der Waals surface area contributed by atoms with Crippen LogP contribution in [0.4, 0.5) is 4.39 Å². The summed E-state index contributed by atoms with van der Waals surface area (Å²) in [5, 5.41) is 3.34. The molecule has 0 heterocycles. The van der Waals surface area contributed by atoms with Crippen molar-refractivity contribution in [3.05, 3.63) is 35.6 Å². The summed E-state index contributed by atoms with van der Waals surface area (Å²) in [6.07, 6.45) is 3.35. The molecule has 1 aromatic carbocycles. The summed E-state index contributed by atoms with van der Waals surface area (Å²) in [5.74, 6) is 0.574. The van der Waals surface area contributed by atoms with Gasteiger partial charge in [-0.3, -0.25) is 0 Å². The molecule has 1 aromatic rings. The van der Waals surface area contributed by atoms with Crippen LogP contribution >= 0.6 is 0 Å². The predicted octanol–water partition coefficient (Wildman–Crippen LogP) is 3.39. The highest BCUT2D eigenvalue weighted by atomic mass is 19.1. The van der Waals surface area contributed by atoms with Crippen molar-refractivity contribution >= 4 is 0 Å². The third-order valence-electron chi connectivity index (χ3n) is 3.19. The molecule has 0 aliphatic heterocycles. The second-order valence-electron chi connectivity index (χ2n) is 4.57. The van der Waals surface area contributed by atoms with E-state index in [1.807, 2.05) is 19.2 Å². The normalized spacial score (nSPS) is 14.8. The van der Waals surface area contributed by atoms with Gasteiger partial charge in [-0.2, -0.15) is 0 Å². The van der Waals surface area contributed by atoms with Crippen LogP contribution in [0.15, 0.2) is 24.3 Å². The Kier molecular flexibility index (Phi) is 5.47. The Morgan fingerprint density at radius 2 is 1.88 bits per heavy atom. The van der Waals surface area contributed by atoms with Crippen molar-refractivity contribution in [1.82, 2.24) is 5.32 Å². The van der Waals surface area contributed by atoms with Gasteiger partial charge in [-0.15, -0.1) is 0 Å². The van der Waals surface area contributed by atoms with Gasteiger partial charge in [0.25, 0.3) is 0 Å². The van der Waals surface area contributed by atoms with Crippen LogP contribution < -0.4 is 5.32 Å². The molecule has 0 bridgehead atoms. The lowest BCUT2D eigenvalue weighted by atomic mass is 9.95. The monoisotopic (exact) mass is 223 g/mol. The van der Waals surface area contributed by atoms with E-state index in [-0.39, 0.29) is 5.82 Å². The molecule has 0 saturated carbocycles. The first-order valence-electron chi connectivity index (χ1n) is 6.07. The lowest BCUT2D eigenvalue weighted by Crippen LogP contribution is -2.29. The first kappa shape index (κ1) is 13.2. The number of benzene rings is 1. The molecular weight excluding hydrogens is 201 g/mol. The second kappa shape index (κ2) is 6.64. The van der Waals surface area contributed by atoms with Crippen LogP contribution in [0.25, 0.3) is 0 Å². The molecule has 0 fully saturated rings. The molecule has 1 rings (SSSR count). The highest BCUT2D eigenvalue weighted by molar-refractivity contribution is 5.17. The van der Waals surface area contributed by atoms with E-state index in [2.05, 4.69) is 19.2 Å². The molecule has 0 aliphatic carbocycles. The minimum atomic E-state index is -0.160. The van der Waals surface area contributed by atoms with E-state index in [0.29, 0.717) is 6.04 Å². The van der Waals surface area contributed by atoms with E-state index in [1.54, 1.807) is 0 Å². The van der Waals surface area contributed by atoms with Crippen molar-refractivity contribution < 1.29 is 4.39 Å². The molecule has 0 aliphatic rings. The standard InChI is InChI=1S/C14H22FN/c1-4-11(2)9-14(16-3)10-12-5-7-13(15)8-6-12/h5-8,11,14,16H,4,9-10H2,1-3H3. The fraction of sp³-hybridized carbons (Fsp3) is 0.571. The van der Waals surface area contributed by atoms with Gasteiger partial charge in [0.05, 0.1) is 0 Å². The van der Waals surface area contributed by atoms with Gasteiger partial charge >= 0.3 is 0 Å². The van der Waals surface area contributed by atoms with Crippen molar-refractivity contribution in [1.29, 1.82) is 0 Å². The average molecular weight is 223 g/mol. The van der Waals surface area contributed by atoms with Crippen molar-refractivity contribution in [3.63, 3.8) is 0 Å². The summed E-state index contributed by atoms with van der Waals surface area (Å²) >= 11 is 0. The summed E-state index contributed by atoms with van der Waals surface area (Å²) in [5.41, 5.74) is 1.20. The maximum Gasteiger partial charge on any atom is 0.123 e. The minimum Gasteiger partial charge on any atom is -0.317 e. The highest BCUT2D eigenvalue weighted by Crippen LogP contribution is 2.14. The van der Waals surface area contributed by atoms with E-state index in [1.165, 1.54) is 30.5 Å². The van der Waals surface area contributed by atoms with Gasteiger partial charge in [0, 0.05) is 6.04 Å². The van der Waals surface area contributed by atoms with Crippen molar-refractivity contribution in [2.24, 2.45) is 5.92 Å². The fourth-order valence-electron chi connectivity index (χ4n) is 1.86. The number of hydrogen-bond donors (Lipinski definition) is 1. The molecule has 0 radical (unpaired) electrons. The zero-order valence-electron chi connectivity index (χ0n) is 10.5. The van der Waals surface area contributed by atoms with Crippen LogP contribution in [-0.4, -0.2) is 13.1 Å². The Morgan fingerprint density at radius 3 is 2.38 bits per heavy atom. The van der Waals surface area contributed by atoms with Crippen LogP contribution in [0.1, 0.15) is 32.3 Å². The van der Waals surface area contributed by atoms with Gasteiger partial charge in [0.15, 0.2) is 0 Å². The maximum atomic E-state index is 12.8. The van der Waals surface area contributed by atoms with Crippen molar-refractivity contribution in [2.75, 3.05) is 7.05 Å². The van der Waals surface area contributed by atoms with E-state index in [4.69, 9.17) is 0 Å². The van der Waals surface area contributed by atoms with Gasteiger partial charge in [0.1, 0.15) is 5.82 Å². The summed E-state index contributed by atoms with van der Waals surface area (Å²) in [6, 6.07) is 7.30. The number of nitrogens with one attached hydrogen (secondary N) is 1. The van der Waals surface area contributed by atoms with Crippen LogP contribution in [0.5, 0.6) is 0 Å². The highest BCUT2D eigenvalue weighted by Gasteiger charge is 2.10. The quantitative estimate of drug-likeness (QED) is 0.779. The van der Waals surface area contributed by atoms with E-state index in [9.17, 15) is 4.39 Å². The molecular formula is C14H22FN. The molecule has 2 unspecified atom stereocenters. The van der Waals surface area contributed by atoms with Crippen molar-refractivity contribution in [3.8, 4) is 0 Å². The Bertz CT molecular complexity index is 294. The minimum absolute atomic E-state index is 0.160. The van der Waals surface area contributed by atoms with Gasteiger partial charge in [0.2, 0.25) is 0 Å². The Morgan fingerprint density at radius 1 is 1.25 bits per heavy atom. The number of rotatable bonds is 6. The van der Waals surface area contributed by atoms with E-state index in [0.717, 1.165) is 12.3 Å². The predicted molar refractivity (Wildman–Crippen MR) is 67.0 cm³/mol. The Balaban J connectivity index is 2.52. The van der Waals surface area contributed by atoms with Gasteiger partial charge in [-0.25, -0.2) is 4.39 Å². The zero-order valence-corrected chi connectivity index (χ0v) is 10.5. The summed E-state index contributed by atoms with van der Waals surface area (Å²) < 4.78 is 12.8. The Hall–Kier alpha value is -0.890. The number of halogens is 1. The molecule has 0 spiro atoms. The van der Waals surface area contributed by atoms with Gasteiger partial charge < -0.3 is 5.32 Å². The topological polar surface area (TPSA) is 12.0 Å². The molecule has 0 saturated heterocycles. The number of hydrogen-bond acceptors (Lipinski definition) is 1. The molecule has 1 nitrogen and oxygen atoms in total. The van der Waals surface area contributed by atoms with E-state index >= 15 is 0 Å². The van der Waals surface area contributed by atoms with Gasteiger partial charge in [-0.1, -0.05) is 32.4 Å². The third kappa shape index (κ3) is 4.31.